The molecule has 0 aliphatic rings. The van der Waals surface area contributed by atoms with Crippen molar-refractivity contribution in [2.24, 2.45) is 5.73 Å². The second-order valence-corrected chi connectivity index (χ2v) is 3.16. The number of nitrogen functional groups attached to an aromatic ring is 1. The van der Waals surface area contributed by atoms with Gasteiger partial charge in [0.25, 0.3) is 0 Å². The van der Waals surface area contributed by atoms with Crippen molar-refractivity contribution >= 4 is 5.69 Å². The number of aliphatic hydroxyl groups excluding tert-OH is 1. The fourth-order valence-electron chi connectivity index (χ4n) is 1.14. The average Bonchev–Trinajstić information content (AvgIpc) is 2.09. The fraction of sp³-hybridized carbons (Fsp3) is 0.333. The Kier molecular flexibility index (Phi) is 3.03. The summed E-state index contributed by atoms with van der Waals surface area (Å²) in [4.78, 5) is 0. The lowest BCUT2D eigenvalue weighted by atomic mass is 10.0. The van der Waals surface area contributed by atoms with Crippen molar-refractivity contribution < 1.29 is 13.9 Å². The van der Waals surface area contributed by atoms with E-state index in [9.17, 15) is 8.78 Å². The van der Waals surface area contributed by atoms with Gasteiger partial charge in [-0.2, -0.15) is 0 Å². The van der Waals surface area contributed by atoms with E-state index in [1.165, 1.54) is 6.92 Å². The fourth-order valence-corrected chi connectivity index (χ4v) is 1.14. The normalized spacial score (nSPS) is 15.2. The van der Waals surface area contributed by atoms with Gasteiger partial charge in [0.05, 0.1) is 17.8 Å². The molecule has 0 bridgehead atoms. The van der Waals surface area contributed by atoms with Gasteiger partial charge in [-0.3, -0.25) is 0 Å². The molecule has 0 fully saturated rings. The minimum absolute atomic E-state index is 0.0810. The van der Waals surface area contributed by atoms with E-state index in [0.717, 1.165) is 6.07 Å². The summed E-state index contributed by atoms with van der Waals surface area (Å²) in [5.41, 5.74) is 10.7. The van der Waals surface area contributed by atoms with Crippen LogP contribution in [0.4, 0.5) is 14.5 Å². The van der Waals surface area contributed by atoms with E-state index in [1.807, 2.05) is 0 Å². The first kappa shape index (κ1) is 10.9. The third kappa shape index (κ3) is 2.00. The molecule has 1 aromatic carbocycles. The van der Waals surface area contributed by atoms with Crippen LogP contribution in [-0.4, -0.2) is 11.2 Å². The molecule has 14 heavy (non-hydrogen) atoms. The standard InChI is InChI=1S/C9H12F2N2O/c1-4(14)8(12)6-2-5(10)3-7(11)9(6)13/h2-4,8,14H,12-13H2,1H3/t4-,8-/m0/s1. The van der Waals surface area contributed by atoms with Gasteiger partial charge in [0.1, 0.15) is 11.6 Å². The van der Waals surface area contributed by atoms with E-state index >= 15 is 0 Å². The summed E-state index contributed by atoms with van der Waals surface area (Å²) in [6.45, 7) is 1.42. The van der Waals surface area contributed by atoms with Crippen LogP contribution >= 0.6 is 0 Å². The summed E-state index contributed by atoms with van der Waals surface area (Å²) >= 11 is 0. The maximum atomic E-state index is 13.0. The zero-order valence-electron chi connectivity index (χ0n) is 7.67. The molecular weight excluding hydrogens is 190 g/mol. The maximum Gasteiger partial charge on any atom is 0.149 e. The lowest BCUT2D eigenvalue weighted by Crippen LogP contribution is -2.24. The number of hydrogen-bond acceptors (Lipinski definition) is 3. The SMILES string of the molecule is C[C@H](O)[C@H](N)c1cc(F)cc(F)c1N. The molecule has 0 aliphatic carbocycles. The van der Waals surface area contributed by atoms with Gasteiger partial charge < -0.3 is 16.6 Å². The van der Waals surface area contributed by atoms with Crippen LogP contribution in [0.25, 0.3) is 0 Å². The minimum Gasteiger partial charge on any atom is -0.396 e. The van der Waals surface area contributed by atoms with Crippen LogP contribution in [-0.2, 0) is 0 Å². The summed E-state index contributed by atoms with van der Waals surface area (Å²) in [6, 6.07) is 0.809. The minimum atomic E-state index is -0.918. The molecular formula is C9H12F2N2O. The summed E-state index contributed by atoms with van der Waals surface area (Å²) < 4.78 is 25.8. The van der Waals surface area contributed by atoms with Crippen LogP contribution in [0.1, 0.15) is 18.5 Å². The summed E-state index contributed by atoms with van der Waals surface area (Å²) in [7, 11) is 0. The number of halogens is 2. The Hall–Kier alpha value is -1.20. The smallest absolute Gasteiger partial charge is 0.149 e. The van der Waals surface area contributed by atoms with Crippen molar-refractivity contribution in [1.29, 1.82) is 0 Å². The zero-order valence-corrected chi connectivity index (χ0v) is 7.67. The first-order valence-corrected chi connectivity index (χ1v) is 4.11. The molecule has 0 amide bonds. The predicted octanol–water partition coefficient (Wildman–Crippen LogP) is 0.928. The molecule has 0 aliphatic heterocycles. The molecule has 0 saturated carbocycles. The van der Waals surface area contributed by atoms with Gasteiger partial charge in [-0.15, -0.1) is 0 Å². The van der Waals surface area contributed by atoms with Crippen LogP contribution in [0.3, 0.4) is 0 Å². The van der Waals surface area contributed by atoms with E-state index < -0.39 is 23.8 Å². The first-order valence-electron chi connectivity index (χ1n) is 4.11. The Morgan fingerprint density at radius 2 is 1.93 bits per heavy atom. The van der Waals surface area contributed by atoms with Crippen molar-refractivity contribution in [3.63, 3.8) is 0 Å². The zero-order chi connectivity index (χ0) is 10.9. The van der Waals surface area contributed by atoms with Gasteiger partial charge in [-0.1, -0.05) is 0 Å². The number of aliphatic hydroxyl groups is 1. The molecule has 0 saturated heterocycles. The largest absolute Gasteiger partial charge is 0.396 e. The molecule has 0 unspecified atom stereocenters. The quantitative estimate of drug-likeness (QED) is 0.624. The Labute approximate surface area is 80.3 Å². The van der Waals surface area contributed by atoms with Crippen LogP contribution in [0, 0.1) is 11.6 Å². The highest BCUT2D eigenvalue weighted by Gasteiger charge is 2.18. The van der Waals surface area contributed by atoms with Gasteiger partial charge in [0.15, 0.2) is 0 Å². The van der Waals surface area contributed by atoms with Crippen LogP contribution in [0.5, 0.6) is 0 Å². The van der Waals surface area contributed by atoms with Gasteiger partial charge in [0.2, 0.25) is 0 Å². The molecule has 1 aromatic rings. The Morgan fingerprint density at radius 1 is 1.36 bits per heavy atom. The number of anilines is 1. The summed E-state index contributed by atoms with van der Waals surface area (Å²) in [5.74, 6) is -1.63. The van der Waals surface area contributed by atoms with Gasteiger partial charge >= 0.3 is 0 Å². The molecule has 78 valence electrons. The Morgan fingerprint density at radius 3 is 2.43 bits per heavy atom. The molecule has 2 atom stereocenters. The topological polar surface area (TPSA) is 72.3 Å². The van der Waals surface area contributed by atoms with E-state index in [1.54, 1.807) is 0 Å². The molecule has 0 aromatic heterocycles. The number of hydrogen-bond donors (Lipinski definition) is 3. The molecule has 5 N–H and O–H groups in total. The van der Waals surface area contributed by atoms with Crippen LogP contribution < -0.4 is 11.5 Å². The molecule has 3 nitrogen and oxygen atoms in total. The number of benzene rings is 1. The molecule has 0 spiro atoms. The molecule has 5 heteroatoms. The second kappa shape index (κ2) is 3.89. The Balaban J connectivity index is 3.20. The van der Waals surface area contributed by atoms with Crippen molar-refractivity contribution in [1.82, 2.24) is 0 Å². The average molecular weight is 202 g/mol. The first-order chi connectivity index (χ1) is 6.43. The van der Waals surface area contributed by atoms with Gasteiger partial charge in [-0.25, -0.2) is 8.78 Å². The van der Waals surface area contributed by atoms with Crippen molar-refractivity contribution in [2.45, 2.75) is 19.1 Å². The van der Waals surface area contributed by atoms with E-state index in [0.29, 0.717) is 6.07 Å². The highest BCUT2D eigenvalue weighted by molar-refractivity contribution is 5.50. The lowest BCUT2D eigenvalue weighted by Gasteiger charge is -2.17. The summed E-state index contributed by atoms with van der Waals surface area (Å²) in [6.07, 6.45) is -0.918. The van der Waals surface area contributed by atoms with Crippen LogP contribution in [0.2, 0.25) is 0 Å². The molecule has 0 heterocycles. The summed E-state index contributed by atoms with van der Waals surface area (Å²) in [5, 5.41) is 9.16. The van der Waals surface area contributed by atoms with E-state index in [-0.39, 0.29) is 11.3 Å². The Bertz CT molecular complexity index is 342. The van der Waals surface area contributed by atoms with Gasteiger partial charge in [0, 0.05) is 11.6 Å². The van der Waals surface area contributed by atoms with Gasteiger partial charge in [-0.05, 0) is 13.0 Å². The van der Waals surface area contributed by atoms with E-state index in [4.69, 9.17) is 16.6 Å². The predicted molar refractivity (Wildman–Crippen MR) is 49.4 cm³/mol. The second-order valence-electron chi connectivity index (χ2n) is 3.16. The third-order valence-corrected chi connectivity index (χ3v) is 2.01. The monoisotopic (exact) mass is 202 g/mol. The molecule has 1 rings (SSSR count). The molecule has 0 radical (unpaired) electrons. The number of nitrogens with two attached hydrogens (primary N) is 2. The third-order valence-electron chi connectivity index (χ3n) is 2.01. The lowest BCUT2D eigenvalue weighted by molar-refractivity contribution is 0.164. The highest BCUT2D eigenvalue weighted by atomic mass is 19.1. The van der Waals surface area contributed by atoms with Crippen LogP contribution in [0.15, 0.2) is 12.1 Å². The highest BCUT2D eigenvalue weighted by Crippen LogP contribution is 2.24. The number of rotatable bonds is 2. The van der Waals surface area contributed by atoms with Crippen molar-refractivity contribution in [3.8, 4) is 0 Å². The maximum absolute atomic E-state index is 13.0. The van der Waals surface area contributed by atoms with E-state index in [2.05, 4.69) is 0 Å². The van der Waals surface area contributed by atoms with Crippen molar-refractivity contribution in [2.75, 3.05) is 5.73 Å². The van der Waals surface area contributed by atoms with Crippen molar-refractivity contribution in [3.05, 3.63) is 29.3 Å².